The van der Waals surface area contributed by atoms with Crippen molar-refractivity contribution in [3.8, 4) is 6.07 Å². The average molecular weight is 592 g/mol. The molecule has 5 aliphatic rings. The van der Waals surface area contributed by atoms with Gasteiger partial charge in [-0.1, -0.05) is 5.21 Å². The molecule has 0 aromatic carbocycles. The number of likely N-dealkylation sites (tertiary alicyclic amines) is 1. The van der Waals surface area contributed by atoms with Crippen molar-refractivity contribution in [2.75, 3.05) is 32.8 Å². The minimum Gasteiger partial charge on any atom is -0.394 e. The lowest BCUT2D eigenvalue weighted by Crippen LogP contribution is -2.66. The molecule has 14 heteroatoms. The van der Waals surface area contributed by atoms with Crippen LogP contribution in [0.1, 0.15) is 57.1 Å². The Hall–Kier alpha value is -2.22. The number of nitrogens with zero attached hydrogens (tertiary/aromatic N) is 5. The molecule has 1 saturated heterocycles. The maximum absolute atomic E-state index is 12.9. The van der Waals surface area contributed by atoms with Crippen LogP contribution in [0.5, 0.6) is 0 Å². The third-order valence-corrected chi connectivity index (χ3v) is 9.64. The topological polar surface area (TPSA) is 209 Å². The molecule has 5 fully saturated rings. The lowest BCUT2D eigenvalue weighted by molar-refractivity contribution is -0.177. The lowest BCUT2D eigenvalue weighted by atomic mass is 9.51. The van der Waals surface area contributed by atoms with Crippen LogP contribution in [0.25, 0.3) is 0 Å². The SMILES string of the molecule is N#CC1CCCN1C(=O)CNC12CC3C[C@@H](C1)CC(OCCn1cc(CNC[C@H](O)[C@@H](O)[C@H](O)[C@H](O)CO)nn1)(C3)C2. The summed E-state index contributed by atoms with van der Waals surface area (Å²) in [6.45, 7) is 1.43. The van der Waals surface area contributed by atoms with Gasteiger partial charge in [-0.25, -0.2) is 4.68 Å². The van der Waals surface area contributed by atoms with Gasteiger partial charge in [0, 0.05) is 31.4 Å². The Morgan fingerprint density at radius 3 is 2.62 bits per heavy atom. The van der Waals surface area contributed by atoms with Gasteiger partial charge in [0.15, 0.2) is 0 Å². The van der Waals surface area contributed by atoms with Crippen LogP contribution >= 0.6 is 0 Å². The van der Waals surface area contributed by atoms with Gasteiger partial charge in [-0.15, -0.1) is 5.10 Å². The summed E-state index contributed by atoms with van der Waals surface area (Å²) >= 11 is 0. The third-order valence-electron chi connectivity index (χ3n) is 9.64. The number of hydrogen-bond donors (Lipinski definition) is 7. The number of hydrogen-bond acceptors (Lipinski definition) is 12. The molecule has 4 bridgehead atoms. The van der Waals surface area contributed by atoms with E-state index in [4.69, 9.17) is 9.84 Å². The van der Waals surface area contributed by atoms with Crippen molar-refractivity contribution in [3.63, 3.8) is 0 Å². The van der Waals surface area contributed by atoms with Crippen LogP contribution in [0.2, 0.25) is 0 Å². The van der Waals surface area contributed by atoms with Crippen molar-refractivity contribution in [1.29, 1.82) is 5.26 Å². The summed E-state index contributed by atoms with van der Waals surface area (Å²) in [5, 5.41) is 72.3. The van der Waals surface area contributed by atoms with Crippen molar-refractivity contribution in [2.24, 2.45) is 11.8 Å². The van der Waals surface area contributed by atoms with E-state index in [1.165, 1.54) is 6.42 Å². The first-order valence-electron chi connectivity index (χ1n) is 15.2. The first-order chi connectivity index (χ1) is 20.1. The van der Waals surface area contributed by atoms with Gasteiger partial charge in [0.2, 0.25) is 5.91 Å². The molecule has 0 radical (unpaired) electrons. The second-order valence-electron chi connectivity index (χ2n) is 12.9. The highest BCUT2D eigenvalue weighted by atomic mass is 16.5. The quantitative estimate of drug-likeness (QED) is 0.118. The first-order valence-corrected chi connectivity index (χ1v) is 15.2. The molecule has 14 nitrogen and oxygen atoms in total. The Labute approximate surface area is 245 Å². The van der Waals surface area contributed by atoms with E-state index in [2.05, 4.69) is 27.0 Å². The van der Waals surface area contributed by atoms with E-state index < -0.39 is 31.0 Å². The van der Waals surface area contributed by atoms with Gasteiger partial charge in [0.25, 0.3) is 0 Å². The number of nitrogens with one attached hydrogen (secondary N) is 2. The molecule has 0 spiro atoms. The Morgan fingerprint density at radius 1 is 1.17 bits per heavy atom. The van der Waals surface area contributed by atoms with Gasteiger partial charge in [0.05, 0.1) is 49.8 Å². The number of nitriles is 1. The summed E-state index contributed by atoms with van der Waals surface area (Å²) in [5.41, 5.74) is 0.323. The zero-order valence-electron chi connectivity index (χ0n) is 24.0. The predicted octanol–water partition coefficient (Wildman–Crippen LogP) is -1.98. The van der Waals surface area contributed by atoms with Crippen molar-refractivity contribution in [1.82, 2.24) is 30.5 Å². The number of aliphatic hydroxyl groups is 5. The summed E-state index contributed by atoms with van der Waals surface area (Å²) in [6, 6.07) is 1.96. The highest BCUT2D eigenvalue weighted by Crippen LogP contribution is 2.58. The number of aromatic nitrogens is 3. The molecule has 1 aromatic rings. The summed E-state index contributed by atoms with van der Waals surface area (Å²) in [6.07, 6.45) is 3.55. The zero-order chi connectivity index (χ0) is 29.9. The highest BCUT2D eigenvalue weighted by Gasteiger charge is 2.58. The third kappa shape index (κ3) is 6.95. The standard InChI is InChI=1S/C28H45N7O7/c29-11-21-2-1-3-35(21)24(39)14-31-27-7-18-6-19(8-27)10-28(9-18,17-27)42-5-4-34-15-20(32-33-34)12-30-13-22(37)25(40)26(41)23(38)16-36/h15,18-19,21-23,25-26,30-31,36-38,40-41H,1-10,12-14,16-17H2/t18-,19?,21?,22-,23+,25+,26+,27?,28?/m0/s1. The number of amides is 1. The van der Waals surface area contributed by atoms with E-state index in [0.29, 0.717) is 37.2 Å². The number of rotatable bonds is 15. The van der Waals surface area contributed by atoms with E-state index in [1.54, 1.807) is 15.8 Å². The van der Waals surface area contributed by atoms with Crippen molar-refractivity contribution < 1.29 is 35.1 Å². The van der Waals surface area contributed by atoms with Crippen molar-refractivity contribution in [2.45, 2.75) is 106 Å². The smallest absolute Gasteiger partial charge is 0.237 e. The first kappa shape index (κ1) is 31.2. The minimum absolute atomic E-state index is 0.0185. The van der Waals surface area contributed by atoms with Gasteiger partial charge in [-0.3, -0.25) is 4.79 Å². The second-order valence-corrected chi connectivity index (χ2v) is 12.9. The fourth-order valence-electron chi connectivity index (χ4n) is 8.03. The predicted molar refractivity (Wildman–Crippen MR) is 147 cm³/mol. The molecule has 4 unspecified atom stereocenters. The van der Waals surface area contributed by atoms with Crippen LogP contribution in [0, 0.1) is 23.2 Å². The van der Waals surface area contributed by atoms with Crippen molar-refractivity contribution in [3.05, 3.63) is 11.9 Å². The van der Waals surface area contributed by atoms with Crippen LogP contribution in [0.4, 0.5) is 0 Å². The molecular weight excluding hydrogens is 546 g/mol. The summed E-state index contributed by atoms with van der Waals surface area (Å²) in [4.78, 5) is 14.6. The van der Waals surface area contributed by atoms with Gasteiger partial charge >= 0.3 is 0 Å². The van der Waals surface area contributed by atoms with Crippen LogP contribution in [-0.2, 0) is 22.6 Å². The van der Waals surface area contributed by atoms with Crippen LogP contribution in [-0.4, -0.2) is 126 Å². The Morgan fingerprint density at radius 2 is 1.90 bits per heavy atom. The molecule has 9 atom stereocenters. The van der Waals surface area contributed by atoms with E-state index >= 15 is 0 Å². The number of ether oxygens (including phenoxy) is 1. The average Bonchev–Trinajstić information content (AvgIpc) is 3.63. The Balaban J connectivity index is 1.07. The molecule has 42 heavy (non-hydrogen) atoms. The molecule has 234 valence electrons. The highest BCUT2D eigenvalue weighted by molar-refractivity contribution is 5.79. The normalized spacial score (nSPS) is 33.0. The Bertz CT molecular complexity index is 1100. The minimum atomic E-state index is -1.66. The molecule has 1 amide bonds. The van der Waals surface area contributed by atoms with Gasteiger partial charge in [0.1, 0.15) is 24.4 Å². The van der Waals surface area contributed by atoms with Gasteiger partial charge in [-0.2, -0.15) is 5.26 Å². The number of carbonyl (C=O) groups is 1. The number of aliphatic hydroxyl groups excluding tert-OH is 5. The fourth-order valence-corrected chi connectivity index (χ4v) is 8.03. The second kappa shape index (κ2) is 13.2. The molecule has 4 saturated carbocycles. The summed E-state index contributed by atoms with van der Waals surface area (Å²) in [5.74, 6) is 1.18. The monoisotopic (exact) mass is 591 g/mol. The molecule has 1 aliphatic heterocycles. The largest absolute Gasteiger partial charge is 0.394 e. The molecule has 1 aromatic heterocycles. The zero-order valence-corrected chi connectivity index (χ0v) is 24.0. The molecule has 4 aliphatic carbocycles. The maximum atomic E-state index is 12.9. The molecule has 7 N–H and O–H groups in total. The molecular formula is C28H45N7O7. The summed E-state index contributed by atoms with van der Waals surface area (Å²) in [7, 11) is 0. The van der Waals surface area contributed by atoms with E-state index in [-0.39, 0.29) is 42.7 Å². The van der Waals surface area contributed by atoms with E-state index in [0.717, 1.165) is 44.9 Å². The number of carbonyl (C=O) groups excluding carboxylic acids is 1. The Kier molecular flexibility index (Phi) is 9.80. The van der Waals surface area contributed by atoms with Gasteiger partial charge < -0.3 is 45.8 Å². The summed E-state index contributed by atoms with van der Waals surface area (Å²) < 4.78 is 8.31. The maximum Gasteiger partial charge on any atom is 0.237 e. The van der Waals surface area contributed by atoms with Crippen molar-refractivity contribution >= 4 is 5.91 Å². The van der Waals surface area contributed by atoms with E-state index in [1.807, 2.05) is 0 Å². The van der Waals surface area contributed by atoms with Crippen LogP contribution in [0.15, 0.2) is 6.20 Å². The fraction of sp³-hybridized carbons (Fsp3) is 0.857. The van der Waals surface area contributed by atoms with Gasteiger partial charge in [-0.05, 0) is 63.2 Å². The van der Waals surface area contributed by atoms with Crippen LogP contribution in [0.3, 0.4) is 0 Å². The molecule has 2 heterocycles. The lowest BCUT2D eigenvalue weighted by Gasteiger charge is -2.62. The van der Waals surface area contributed by atoms with Crippen LogP contribution < -0.4 is 10.6 Å². The molecule has 6 rings (SSSR count). The van der Waals surface area contributed by atoms with E-state index in [9.17, 15) is 30.5 Å².